The Morgan fingerprint density at radius 2 is 1.61 bits per heavy atom. The van der Waals surface area contributed by atoms with Crippen LogP contribution in [-0.2, 0) is 4.79 Å². The van der Waals surface area contributed by atoms with Crippen molar-refractivity contribution in [3.63, 3.8) is 0 Å². The monoisotopic (exact) mass is 268 g/mol. The molecule has 98 valence electrons. The zero-order valence-corrected chi connectivity index (χ0v) is 8.34. The van der Waals surface area contributed by atoms with Gasteiger partial charge in [-0.2, -0.15) is 8.78 Å². The van der Waals surface area contributed by atoms with E-state index in [1.165, 1.54) is 0 Å². The van der Waals surface area contributed by atoms with Gasteiger partial charge in [0.15, 0.2) is 11.6 Å². The van der Waals surface area contributed by atoms with E-state index in [0.717, 1.165) is 0 Å². The minimum atomic E-state index is -2.22. The number of carbonyl (C=O) groups is 1. The maximum atomic E-state index is 13.2. The summed E-state index contributed by atoms with van der Waals surface area (Å²) in [5.74, 6) is -10.1. The van der Waals surface area contributed by atoms with E-state index in [0.29, 0.717) is 0 Å². The highest BCUT2D eigenvalue weighted by Gasteiger charge is 2.33. The van der Waals surface area contributed by atoms with Crippen LogP contribution in [0.4, 0.5) is 28.9 Å². The second kappa shape index (κ2) is 4.85. The van der Waals surface area contributed by atoms with Crippen LogP contribution in [0.25, 0.3) is 0 Å². The van der Waals surface area contributed by atoms with Gasteiger partial charge in [0.25, 0.3) is 0 Å². The minimum absolute atomic E-state index is 1.02. The number of carboxylic acid groups (broad SMARTS) is 1. The highest BCUT2D eigenvalue weighted by Crippen LogP contribution is 2.32. The second-order valence-electron chi connectivity index (χ2n) is 2.98. The van der Waals surface area contributed by atoms with Crippen LogP contribution in [0.15, 0.2) is 0 Å². The molecule has 0 aliphatic rings. The summed E-state index contributed by atoms with van der Waals surface area (Å²) in [5.41, 5.74) is -3.40. The van der Waals surface area contributed by atoms with Gasteiger partial charge in [0, 0.05) is 0 Å². The van der Waals surface area contributed by atoms with Gasteiger partial charge in [-0.25, -0.2) is 8.78 Å². The first-order valence-electron chi connectivity index (χ1n) is 4.23. The van der Waals surface area contributed by atoms with E-state index < -0.39 is 52.1 Å². The number of aliphatic carboxylic acids is 1. The van der Waals surface area contributed by atoms with Crippen LogP contribution in [0.2, 0.25) is 0 Å². The lowest BCUT2D eigenvalue weighted by atomic mass is 10.2. The summed E-state index contributed by atoms with van der Waals surface area (Å²) < 4.78 is 52.5. The Morgan fingerprint density at radius 1 is 1.17 bits per heavy atom. The summed E-state index contributed by atoms with van der Waals surface area (Å²) in [5, 5.41) is 20.0. The van der Waals surface area contributed by atoms with Crippen LogP contribution in [-0.4, -0.2) is 22.5 Å². The molecule has 0 saturated heterocycles. The van der Waals surface area contributed by atoms with E-state index in [4.69, 9.17) is 5.11 Å². The Labute approximate surface area is 96.0 Å². The van der Waals surface area contributed by atoms with E-state index in [1.54, 1.807) is 5.32 Å². The van der Waals surface area contributed by atoms with Gasteiger partial charge in [-0.15, -0.1) is 0 Å². The van der Waals surface area contributed by atoms with Crippen LogP contribution in [0, 0.1) is 33.4 Å². The lowest BCUT2D eigenvalue weighted by molar-refractivity contribution is -0.390. The Morgan fingerprint density at radius 3 is 1.94 bits per heavy atom. The number of nitrogens with one attached hydrogen (secondary N) is 1. The van der Waals surface area contributed by atoms with Gasteiger partial charge < -0.3 is 10.4 Å². The molecule has 0 aliphatic heterocycles. The third-order valence-corrected chi connectivity index (χ3v) is 1.84. The summed E-state index contributed by atoms with van der Waals surface area (Å²) in [7, 11) is 0. The van der Waals surface area contributed by atoms with E-state index in [2.05, 4.69) is 0 Å². The first-order valence-corrected chi connectivity index (χ1v) is 4.23. The number of hydrogen-bond acceptors (Lipinski definition) is 4. The van der Waals surface area contributed by atoms with Crippen molar-refractivity contribution >= 4 is 17.3 Å². The normalized spacial score (nSPS) is 10.2. The molecule has 1 rings (SSSR count). The Bertz CT molecular complexity index is 505. The number of nitrogens with zero attached hydrogens (tertiary/aromatic N) is 1. The van der Waals surface area contributed by atoms with E-state index in [-0.39, 0.29) is 0 Å². The molecule has 0 spiro atoms. The van der Waals surface area contributed by atoms with Crippen LogP contribution < -0.4 is 5.32 Å². The number of anilines is 1. The molecular formula is C8H4F4N2O4. The number of nitro benzene ring substituents is 1. The third kappa shape index (κ3) is 2.31. The molecule has 0 radical (unpaired) electrons. The summed E-state index contributed by atoms with van der Waals surface area (Å²) in [6.45, 7) is -1.02. The van der Waals surface area contributed by atoms with Crippen molar-refractivity contribution in [1.82, 2.24) is 0 Å². The molecular weight excluding hydrogens is 264 g/mol. The summed E-state index contributed by atoms with van der Waals surface area (Å²) in [6, 6.07) is 0. The Hall–Kier alpha value is -2.39. The van der Waals surface area contributed by atoms with E-state index in [9.17, 15) is 32.5 Å². The third-order valence-electron chi connectivity index (χ3n) is 1.84. The molecule has 1 aromatic carbocycles. The molecule has 18 heavy (non-hydrogen) atoms. The molecule has 0 unspecified atom stereocenters. The lowest BCUT2D eigenvalue weighted by Crippen LogP contribution is -2.16. The number of hydrogen-bond donors (Lipinski definition) is 2. The minimum Gasteiger partial charge on any atom is -0.480 e. The number of benzene rings is 1. The maximum absolute atomic E-state index is 13.2. The molecule has 0 heterocycles. The molecule has 6 nitrogen and oxygen atoms in total. The van der Waals surface area contributed by atoms with Crippen LogP contribution in [0.3, 0.4) is 0 Å². The van der Waals surface area contributed by atoms with Crippen molar-refractivity contribution < 1.29 is 32.4 Å². The topological polar surface area (TPSA) is 92.5 Å². The number of carboxylic acids is 1. The average Bonchev–Trinajstić information content (AvgIpc) is 2.26. The fourth-order valence-electron chi connectivity index (χ4n) is 1.10. The number of nitro groups is 1. The van der Waals surface area contributed by atoms with Crippen LogP contribution in [0.5, 0.6) is 0 Å². The number of rotatable bonds is 4. The Kier molecular flexibility index (Phi) is 3.69. The molecule has 1 aromatic rings. The van der Waals surface area contributed by atoms with Gasteiger partial charge >= 0.3 is 11.7 Å². The molecule has 0 bridgehead atoms. The quantitative estimate of drug-likeness (QED) is 0.375. The number of halogens is 4. The van der Waals surface area contributed by atoms with Gasteiger partial charge in [0.1, 0.15) is 12.2 Å². The van der Waals surface area contributed by atoms with Gasteiger partial charge in [0.05, 0.1) is 4.92 Å². The Balaban J connectivity index is 3.39. The van der Waals surface area contributed by atoms with Gasteiger partial charge in [-0.1, -0.05) is 0 Å². The fraction of sp³-hybridized carbons (Fsp3) is 0.125. The van der Waals surface area contributed by atoms with Crippen LogP contribution >= 0.6 is 0 Å². The summed E-state index contributed by atoms with van der Waals surface area (Å²) in [6.07, 6.45) is 0. The highest BCUT2D eigenvalue weighted by molar-refractivity contribution is 5.73. The lowest BCUT2D eigenvalue weighted by Gasteiger charge is -2.08. The van der Waals surface area contributed by atoms with Gasteiger partial charge in [-0.3, -0.25) is 14.9 Å². The predicted octanol–water partition coefficient (Wildman–Crippen LogP) is 1.65. The maximum Gasteiger partial charge on any atom is 0.346 e. The van der Waals surface area contributed by atoms with E-state index in [1.807, 2.05) is 0 Å². The molecule has 0 aromatic heterocycles. The zero-order valence-electron chi connectivity index (χ0n) is 8.34. The zero-order chi connectivity index (χ0) is 14.0. The largest absolute Gasteiger partial charge is 0.480 e. The van der Waals surface area contributed by atoms with Crippen molar-refractivity contribution in [1.29, 1.82) is 0 Å². The first kappa shape index (κ1) is 13.7. The second-order valence-corrected chi connectivity index (χ2v) is 2.98. The fourth-order valence-corrected chi connectivity index (χ4v) is 1.10. The highest BCUT2D eigenvalue weighted by atomic mass is 19.2. The molecule has 0 atom stereocenters. The molecule has 2 N–H and O–H groups in total. The van der Waals surface area contributed by atoms with Crippen molar-refractivity contribution in [2.75, 3.05) is 11.9 Å². The molecule has 0 aliphatic carbocycles. The molecule has 0 fully saturated rings. The predicted molar refractivity (Wildman–Crippen MR) is 49.1 cm³/mol. The van der Waals surface area contributed by atoms with Crippen molar-refractivity contribution in [2.45, 2.75) is 0 Å². The molecule has 10 heteroatoms. The molecule has 0 amide bonds. The SMILES string of the molecule is O=C(O)CNc1c(F)c(F)c([N+](=O)[O-])c(F)c1F. The van der Waals surface area contributed by atoms with Crippen molar-refractivity contribution in [3.8, 4) is 0 Å². The smallest absolute Gasteiger partial charge is 0.346 e. The van der Waals surface area contributed by atoms with Gasteiger partial charge in [-0.05, 0) is 0 Å². The molecule has 0 saturated carbocycles. The van der Waals surface area contributed by atoms with Crippen molar-refractivity contribution in [3.05, 3.63) is 33.4 Å². The summed E-state index contributed by atoms with van der Waals surface area (Å²) in [4.78, 5) is 18.7. The van der Waals surface area contributed by atoms with Crippen LogP contribution in [0.1, 0.15) is 0 Å². The first-order chi connectivity index (χ1) is 8.27. The average molecular weight is 268 g/mol. The van der Waals surface area contributed by atoms with Gasteiger partial charge in [0.2, 0.25) is 11.6 Å². The summed E-state index contributed by atoms with van der Waals surface area (Å²) >= 11 is 0. The standard InChI is InChI=1S/C8H4F4N2O4/c9-3-5(11)8(14(17)18)6(12)4(10)7(3)13-1-2(15)16/h13H,1H2,(H,15,16). The van der Waals surface area contributed by atoms with E-state index >= 15 is 0 Å². The van der Waals surface area contributed by atoms with Crippen molar-refractivity contribution in [2.24, 2.45) is 0 Å².